The average Bonchev–Trinajstić information content (AvgIpc) is 3.28. The summed E-state index contributed by atoms with van der Waals surface area (Å²) in [5.41, 5.74) is 1.01. The van der Waals surface area contributed by atoms with Crippen LogP contribution in [0.4, 0.5) is 15.2 Å². The zero-order valence-corrected chi connectivity index (χ0v) is 18.2. The summed E-state index contributed by atoms with van der Waals surface area (Å²) in [6.07, 6.45) is 0. The number of carbonyl (C=O) groups is 1. The van der Waals surface area contributed by atoms with Crippen LogP contribution in [0.2, 0.25) is 0 Å². The molecule has 4 rings (SSSR count). The molecule has 0 aliphatic heterocycles. The fraction of sp³-hybridized carbons (Fsp3) is 0.0455. The van der Waals surface area contributed by atoms with Crippen LogP contribution in [-0.4, -0.2) is 31.1 Å². The molecular weight excluding hydrogens is 451 g/mol. The first-order valence-electron chi connectivity index (χ1n) is 9.45. The summed E-state index contributed by atoms with van der Waals surface area (Å²) in [4.78, 5) is 12.7. The number of sulfonamides is 1. The predicted molar refractivity (Wildman–Crippen MR) is 121 cm³/mol. The van der Waals surface area contributed by atoms with Crippen molar-refractivity contribution in [2.75, 3.05) is 16.2 Å². The Morgan fingerprint density at radius 3 is 2.19 bits per heavy atom. The van der Waals surface area contributed by atoms with Crippen molar-refractivity contribution >= 4 is 38.1 Å². The highest BCUT2D eigenvalue weighted by Gasteiger charge is 2.27. The lowest BCUT2D eigenvalue weighted by atomic mass is 10.2. The molecule has 4 aromatic rings. The highest BCUT2D eigenvalue weighted by Crippen LogP contribution is 2.27. The van der Waals surface area contributed by atoms with Crippen molar-refractivity contribution in [2.45, 2.75) is 4.90 Å². The van der Waals surface area contributed by atoms with Crippen LogP contribution in [0.3, 0.4) is 0 Å². The van der Waals surface area contributed by atoms with E-state index in [-0.39, 0.29) is 15.7 Å². The van der Waals surface area contributed by atoms with Gasteiger partial charge in [-0.05, 0) is 36.4 Å². The highest BCUT2D eigenvalue weighted by atomic mass is 32.2. The van der Waals surface area contributed by atoms with Gasteiger partial charge in [0.25, 0.3) is 10.0 Å². The van der Waals surface area contributed by atoms with Gasteiger partial charge >= 0.3 is 0 Å². The Bertz CT molecular complexity index is 1310. The van der Waals surface area contributed by atoms with Gasteiger partial charge in [-0.25, -0.2) is 12.8 Å². The lowest BCUT2D eigenvalue weighted by Crippen LogP contribution is -2.38. The minimum absolute atomic E-state index is 0.0133. The van der Waals surface area contributed by atoms with Crippen molar-refractivity contribution < 1.29 is 17.6 Å². The fourth-order valence-electron chi connectivity index (χ4n) is 2.90. The molecule has 1 heterocycles. The zero-order valence-electron chi connectivity index (χ0n) is 16.6. The third-order valence-corrected chi connectivity index (χ3v) is 7.10. The highest BCUT2D eigenvalue weighted by molar-refractivity contribution is 7.92. The van der Waals surface area contributed by atoms with Gasteiger partial charge in [0.1, 0.15) is 17.4 Å². The van der Waals surface area contributed by atoms with E-state index in [4.69, 9.17) is 0 Å². The number of aromatic nitrogens is 2. The molecule has 162 valence electrons. The molecule has 0 aliphatic rings. The molecule has 3 aromatic carbocycles. The summed E-state index contributed by atoms with van der Waals surface area (Å²) >= 11 is 1.17. The lowest BCUT2D eigenvalue weighted by Gasteiger charge is -2.23. The molecule has 0 saturated heterocycles. The minimum atomic E-state index is -4.07. The molecule has 0 radical (unpaired) electrons. The number of hydrogen-bond donors (Lipinski definition) is 1. The first kappa shape index (κ1) is 21.6. The molecule has 0 aliphatic carbocycles. The Balaban J connectivity index is 1.58. The third kappa shape index (κ3) is 4.82. The van der Waals surface area contributed by atoms with Gasteiger partial charge in [-0.3, -0.25) is 14.4 Å². The maximum Gasteiger partial charge on any atom is 0.264 e. The molecule has 0 spiro atoms. The standard InChI is InChI=1S/C22H17FN4O3S2/c23-17-11-13-18(14-12-17)27(32(29,30)19-9-5-2-6-10-19)15-20(28)24-22-26-25-21(31-22)16-7-3-1-4-8-16/h1-14H,15H2,(H,24,26,28). The van der Waals surface area contributed by atoms with Gasteiger partial charge in [-0.2, -0.15) is 0 Å². The fourth-order valence-corrected chi connectivity index (χ4v) is 5.11. The van der Waals surface area contributed by atoms with E-state index >= 15 is 0 Å². The molecular formula is C22H17FN4O3S2. The van der Waals surface area contributed by atoms with Gasteiger partial charge < -0.3 is 0 Å². The van der Waals surface area contributed by atoms with E-state index in [1.165, 1.54) is 35.6 Å². The number of benzene rings is 3. The van der Waals surface area contributed by atoms with Crippen molar-refractivity contribution in [2.24, 2.45) is 0 Å². The third-order valence-electron chi connectivity index (χ3n) is 4.43. The number of nitrogens with one attached hydrogen (secondary N) is 1. The Hall–Kier alpha value is -3.63. The first-order valence-corrected chi connectivity index (χ1v) is 11.7. The number of hydrogen-bond acceptors (Lipinski definition) is 6. The summed E-state index contributed by atoms with van der Waals surface area (Å²) in [6.45, 7) is -0.525. The summed E-state index contributed by atoms with van der Waals surface area (Å²) in [5, 5.41) is 11.5. The molecule has 0 bridgehead atoms. The summed E-state index contributed by atoms with van der Waals surface area (Å²) < 4.78 is 40.8. The normalized spacial score (nSPS) is 11.2. The smallest absolute Gasteiger partial charge is 0.264 e. The quantitative estimate of drug-likeness (QED) is 0.439. The second-order valence-corrected chi connectivity index (χ2v) is 9.47. The predicted octanol–water partition coefficient (Wildman–Crippen LogP) is 4.18. The van der Waals surface area contributed by atoms with Crippen LogP contribution in [0.25, 0.3) is 10.6 Å². The number of anilines is 2. The largest absolute Gasteiger partial charge is 0.299 e. The van der Waals surface area contributed by atoms with Crippen LogP contribution >= 0.6 is 11.3 Å². The number of halogens is 1. The summed E-state index contributed by atoms with van der Waals surface area (Å²) in [5.74, 6) is -1.12. The van der Waals surface area contributed by atoms with Gasteiger partial charge in [0.2, 0.25) is 11.0 Å². The van der Waals surface area contributed by atoms with Crippen LogP contribution in [0.1, 0.15) is 0 Å². The van der Waals surface area contributed by atoms with Crippen molar-refractivity contribution in [3.63, 3.8) is 0 Å². The van der Waals surface area contributed by atoms with E-state index in [1.807, 2.05) is 30.3 Å². The van der Waals surface area contributed by atoms with Crippen molar-refractivity contribution in [1.82, 2.24) is 10.2 Å². The summed E-state index contributed by atoms with van der Waals surface area (Å²) in [7, 11) is -4.07. The van der Waals surface area contributed by atoms with E-state index in [2.05, 4.69) is 15.5 Å². The molecule has 32 heavy (non-hydrogen) atoms. The number of rotatable bonds is 7. The SMILES string of the molecule is O=C(CN(c1ccc(F)cc1)S(=O)(=O)c1ccccc1)Nc1nnc(-c2ccccc2)s1. The number of amides is 1. The van der Waals surface area contributed by atoms with Gasteiger partial charge in [0.15, 0.2) is 0 Å². The Kier molecular flexibility index (Phi) is 6.24. The number of carbonyl (C=O) groups excluding carboxylic acids is 1. The van der Waals surface area contributed by atoms with Crippen LogP contribution < -0.4 is 9.62 Å². The van der Waals surface area contributed by atoms with Crippen LogP contribution in [0.15, 0.2) is 89.8 Å². The van der Waals surface area contributed by atoms with E-state index in [0.29, 0.717) is 5.01 Å². The van der Waals surface area contributed by atoms with E-state index in [1.54, 1.807) is 18.2 Å². The Morgan fingerprint density at radius 1 is 0.906 bits per heavy atom. The molecule has 1 N–H and O–H groups in total. The molecule has 7 nitrogen and oxygen atoms in total. The Morgan fingerprint density at radius 2 is 1.53 bits per heavy atom. The van der Waals surface area contributed by atoms with Crippen LogP contribution in [-0.2, 0) is 14.8 Å². The topological polar surface area (TPSA) is 92.3 Å². The van der Waals surface area contributed by atoms with Gasteiger partial charge in [0.05, 0.1) is 10.6 Å². The molecule has 1 aromatic heterocycles. The maximum atomic E-state index is 13.4. The maximum absolute atomic E-state index is 13.4. The summed E-state index contributed by atoms with van der Waals surface area (Å²) in [6, 6.07) is 22.0. The Labute approximate surface area is 188 Å². The lowest BCUT2D eigenvalue weighted by molar-refractivity contribution is -0.114. The van der Waals surface area contributed by atoms with Gasteiger partial charge in [-0.15, -0.1) is 10.2 Å². The zero-order chi connectivity index (χ0) is 22.6. The molecule has 10 heteroatoms. The first-order chi connectivity index (χ1) is 15.4. The molecule has 0 saturated carbocycles. The van der Waals surface area contributed by atoms with Gasteiger partial charge in [-0.1, -0.05) is 59.9 Å². The molecule has 0 fully saturated rings. The molecule has 1 amide bonds. The molecule has 0 unspecified atom stereocenters. The molecule has 0 atom stereocenters. The number of nitrogens with zero attached hydrogens (tertiary/aromatic N) is 3. The monoisotopic (exact) mass is 468 g/mol. The van der Waals surface area contributed by atoms with Crippen molar-refractivity contribution in [3.05, 3.63) is 90.7 Å². The second kappa shape index (κ2) is 9.25. The van der Waals surface area contributed by atoms with E-state index in [0.717, 1.165) is 22.0 Å². The van der Waals surface area contributed by atoms with Gasteiger partial charge in [0, 0.05) is 5.56 Å². The minimum Gasteiger partial charge on any atom is -0.299 e. The van der Waals surface area contributed by atoms with Crippen molar-refractivity contribution in [1.29, 1.82) is 0 Å². The second-order valence-electron chi connectivity index (χ2n) is 6.63. The average molecular weight is 469 g/mol. The van der Waals surface area contributed by atoms with E-state index in [9.17, 15) is 17.6 Å². The van der Waals surface area contributed by atoms with Crippen molar-refractivity contribution in [3.8, 4) is 10.6 Å². The van der Waals surface area contributed by atoms with Crippen LogP contribution in [0, 0.1) is 5.82 Å². The van der Waals surface area contributed by atoms with E-state index < -0.39 is 28.3 Å². The van der Waals surface area contributed by atoms with Crippen LogP contribution in [0.5, 0.6) is 0 Å².